The first-order valence-corrected chi connectivity index (χ1v) is 12.0. The Morgan fingerprint density at radius 3 is 2.43 bits per heavy atom. The van der Waals surface area contributed by atoms with Crippen LogP contribution in [0.4, 0.5) is 4.39 Å². The summed E-state index contributed by atoms with van der Waals surface area (Å²) in [6.07, 6.45) is 1.17. The van der Waals surface area contributed by atoms with Gasteiger partial charge in [-0.3, -0.25) is 4.79 Å². The van der Waals surface area contributed by atoms with Crippen LogP contribution in [0.2, 0.25) is 0 Å². The van der Waals surface area contributed by atoms with Crippen molar-refractivity contribution in [1.29, 1.82) is 0 Å². The molecule has 1 fully saturated rings. The van der Waals surface area contributed by atoms with Crippen molar-refractivity contribution in [2.75, 3.05) is 50.5 Å². The lowest BCUT2D eigenvalue weighted by Crippen LogP contribution is -2.55. The summed E-state index contributed by atoms with van der Waals surface area (Å²) in [5, 5.41) is 3.15. The highest BCUT2D eigenvalue weighted by Crippen LogP contribution is 2.15. The minimum atomic E-state index is -3.25. The molecule has 28 heavy (non-hydrogen) atoms. The number of amides is 1. The van der Waals surface area contributed by atoms with Crippen molar-refractivity contribution in [3.8, 4) is 0 Å². The van der Waals surface area contributed by atoms with E-state index in [-0.39, 0.29) is 24.8 Å². The summed E-state index contributed by atoms with van der Waals surface area (Å²) in [4.78, 5) is 14.7. The molecule has 0 unspecified atom stereocenters. The summed E-state index contributed by atoms with van der Waals surface area (Å²) in [5.74, 6) is 0.770. The maximum absolute atomic E-state index is 13.1. The first-order chi connectivity index (χ1) is 13.2. The quantitative estimate of drug-likeness (QED) is 0.556. The SMILES string of the molecule is C=C(N[C@@H](CSCCN)C(=O)N1CCN(S(C)(=O)=O)CC1)c1ccc(F)cc1. The van der Waals surface area contributed by atoms with Crippen LogP contribution in [0, 0.1) is 5.82 Å². The van der Waals surface area contributed by atoms with E-state index in [1.165, 1.54) is 22.7 Å². The van der Waals surface area contributed by atoms with E-state index in [1.54, 1.807) is 28.8 Å². The maximum atomic E-state index is 13.1. The van der Waals surface area contributed by atoms with Gasteiger partial charge in [-0.2, -0.15) is 16.1 Å². The fourth-order valence-corrected chi connectivity index (χ4v) is 4.49. The van der Waals surface area contributed by atoms with Crippen molar-refractivity contribution in [2.24, 2.45) is 5.73 Å². The predicted molar refractivity (Wildman–Crippen MR) is 112 cm³/mol. The van der Waals surface area contributed by atoms with Crippen molar-refractivity contribution in [3.05, 3.63) is 42.2 Å². The first kappa shape index (κ1) is 22.7. The van der Waals surface area contributed by atoms with Crippen molar-refractivity contribution >= 4 is 33.4 Å². The Hall–Kier alpha value is -1.62. The molecule has 1 heterocycles. The molecule has 1 aromatic carbocycles. The van der Waals surface area contributed by atoms with E-state index in [1.807, 2.05) is 0 Å². The second-order valence-corrected chi connectivity index (χ2v) is 9.67. The highest BCUT2D eigenvalue weighted by atomic mass is 32.2. The molecule has 0 aromatic heterocycles. The molecule has 10 heteroatoms. The van der Waals surface area contributed by atoms with Gasteiger partial charge in [0, 0.05) is 49.9 Å². The van der Waals surface area contributed by atoms with E-state index in [0.29, 0.717) is 36.6 Å². The average molecular weight is 431 g/mol. The van der Waals surface area contributed by atoms with E-state index in [0.717, 1.165) is 5.75 Å². The summed E-state index contributed by atoms with van der Waals surface area (Å²) in [6, 6.07) is 5.35. The van der Waals surface area contributed by atoms with Gasteiger partial charge in [-0.25, -0.2) is 12.8 Å². The normalized spacial score (nSPS) is 16.6. The van der Waals surface area contributed by atoms with Crippen molar-refractivity contribution < 1.29 is 17.6 Å². The van der Waals surface area contributed by atoms with Crippen molar-refractivity contribution in [1.82, 2.24) is 14.5 Å². The number of rotatable bonds is 9. The van der Waals surface area contributed by atoms with Crippen LogP contribution in [0.5, 0.6) is 0 Å². The Balaban J connectivity index is 2.04. The third-order valence-electron chi connectivity index (χ3n) is 4.41. The number of thioether (sulfide) groups is 1. The summed E-state index contributed by atoms with van der Waals surface area (Å²) in [5.41, 5.74) is 6.77. The van der Waals surface area contributed by atoms with Crippen molar-refractivity contribution in [3.63, 3.8) is 0 Å². The minimum Gasteiger partial charge on any atom is -0.373 e. The van der Waals surface area contributed by atoms with Gasteiger partial charge in [0.25, 0.3) is 0 Å². The Labute approximate surface area is 170 Å². The zero-order chi connectivity index (χ0) is 20.7. The second kappa shape index (κ2) is 10.2. The Morgan fingerprint density at radius 2 is 1.89 bits per heavy atom. The molecular formula is C18H27FN4O3S2. The van der Waals surface area contributed by atoms with E-state index < -0.39 is 16.1 Å². The minimum absolute atomic E-state index is 0.110. The number of hydrogen-bond acceptors (Lipinski definition) is 6. The van der Waals surface area contributed by atoms with Crippen LogP contribution >= 0.6 is 11.8 Å². The molecule has 1 amide bonds. The molecule has 2 rings (SSSR count). The fourth-order valence-electron chi connectivity index (χ4n) is 2.86. The molecule has 0 aliphatic carbocycles. The molecule has 3 N–H and O–H groups in total. The van der Waals surface area contributed by atoms with E-state index in [4.69, 9.17) is 5.73 Å². The molecule has 0 radical (unpaired) electrons. The number of carbonyl (C=O) groups is 1. The Bertz CT molecular complexity index is 779. The van der Waals surface area contributed by atoms with Gasteiger partial charge < -0.3 is 16.0 Å². The van der Waals surface area contributed by atoms with Crippen LogP contribution in [0.25, 0.3) is 5.70 Å². The standard InChI is InChI=1S/C18H27FN4O3S2/c1-14(15-3-5-16(19)6-4-15)21-17(13-27-12-7-20)18(24)22-8-10-23(11-9-22)28(2,25)26/h3-6,17,21H,1,7-13,20H2,2H3/t17-/m0/s1. The fraction of sp³-hybridized carbons (Fsp3) is 0.500. The number of piperazine rings is 1. The molecule has 1 aliphatic heterocycles. The molecule has 1 aromatic rings. The van der Waals surface area contributed by atoms with Gasteiger partial charge in [0.2, 0.25) is 15.9 Å². The average Bonchev–Trinajstić information content (AvgIpc) is 2.66. The summed E-state index contributed by atoms with van der Waals surface area (Å²) < 4.78 is 37.8. The van der Waals surface area contributed by atoms with E-state index >= 15 is 0 Å². The molecule has 0 bridgehead atoms. The van der Waals surface area contributed by atoms with Crippen LogP contribution in [-0.4, -0.2) is 80.1 Å². The molecule has 0 saturated carbocycles. The number of halogens is 1. The van der Waals surface area contributed by atoms with Crippen LogP contribution in [0.15, 0.2) is 30.8 Å². The van der Waals surface area contributed by atoms with Gasteiger partial charge in [0.1, 0.15) is 11.9 Å². The molecule has 1 saturated heterocycles. The lowest BCUT2D eigenvalue weighted by molar-refractivity contribution is -0.133. The highest BCUT2D eigenvalue weighted by molar-refractivity contribution is 7.99. The number of nitrogens with one attached hydrogen (secondary N) is 1. The third-order valence-corrected chi connectivity index (χ3v) is 6.80. The van der Waals surface area contributed by atoms with Crippen LogP contribution in [0.1, 0.15) is 5.56 Å². The van der Waals surface area contributed by atoms with Crippen molar-refractivity contribution in [2.45, 2.75) is 6.04 Å². The van der Waals surface area contributed by atoms with E-state index in [2.05, 4.69) is 11.9 Å². The zero-order valence-corrected chi connectivity index (χ0v) is 17.6. The van der Waals surface area contributed by atoms with Gasteiger partial charge in [-0.05, 0) is 17.7 Å². The molecule has 7 nitrogen and oxygen atoms in total. The van der Waals surface area contributed by atoms with Crippen LogP contribution in [0.3, 0.4) is 0 Å². The lowest BCUT2D eigenvalue weighted by atomic mass is 10.1. The van der Waals surface area contributed by atoms with E-state index in [9.17, 15) is 17.6 Å². The first-order valence-electron chi connectivity index (χ1n) is 8.95. The number of nitrogens with two attached hydrogens (primary N) is 1. The van der Waals surface area contributed by atoms with Gasteiger partial charge in [-0.15, -0.1) is 0 Å². The molecule has 1 aliphatic rings. The second-order valence-electron chi connectivity index (χ2n) is 6.53. The molecular weight excluding hydrogens is 403 g/mol. The summed E-state index contributed by atoms with van der Waals surface area (Å²) in [6.45, 7) is 5.73. The molecule has 156 valence electrons. The van der Waals surface area contributed by atoms with Crippen LogP contribution in [-0.2, 0) is 14.8 Å². The van der Waals surface area contributed by atoms with Crippen LogP contribution < -0.4 is 11.1 Å². The number of benzene rings is 1. The highest BCUT2D eigenvalue weighted by Gasteiger charge is 2.30. The monoisotopic (exact) mass is 430 g/mol. The number of sulfonamides is 1. The Morgan fingerprint density at radius 1 is 1.29 bits per heavy atom. The zero-order valence-electron chi connectivity index (χ0n) is 15.9. The summed E-state index contributed by atoms with van der Waals surface area (Å²) in [7, 11) is -3.25. The molecule has 1 atom stereocenters. The number of hydrogen-bond donors (Lipinski definition) is 2. The number of carbonyl (C=O) groups excluding carboxylic acids is 1. The third kappa shape index (κ3) is 6.47. The summed E-state index contributed by atoms with van der Waals surface area (Å²) >= 11 is 1.56. The largest absolute Gasteiger partial charge is 0.373 e. The van der Waals surface area contributed by atoms with Gasteiger partial charge in [0.15, 0.2) is 0 Å². The smallest absolute Gasteiger partial charge is 0.246 e. The topological polar surface area (TPSA) is 95.7 Å². The molecule has 0 spiro atoms. The predicted octanol–water partition coefficient (Wildman–Crippen LogP) is 0.550. The van der Waals surface area contributed by atoms with Gasteiger partial charge in [0.05, 0.1) is 6.26 Å². The van der Waals surface area contributed by atoms with Gasteiger partial charge in [-0.1, -0.05) is 18.7 Å². The van der Waals surface area contributed by atoms with Gasteiger partial charge >= 0.3 is 0 Å². The number of nitrogens with zero attached hydrogens (tertiary/aromatic N) is 2. The maximum Gasteiger partial charge on any atom is 0.246 e. The lowest BCUT2D eigenvalue weighted by Gasteiger charge is -2.35. The Kier molecular flexibility index (Phi) is 8.29.